The van der Waals surface area contributed by atoms with Gasteiger partial charge in [0.1, 0.15) is 6.33 Å². The Morgan fingerprint density at radius 1 is 1.19 bits per heavy atom. The summed E-state index contributed by atoms with van der Waals surface area (Å²) in [6.07, 6.45) is 4.24. The number of esters is 1. The van der Waals surface area contributed by atoms with Crippen LogP contribution < -0.4 is 0 Å². The molecular formula is C20H23N3O2S. The number of carbonyl (C=O) groups is 1. The van der Waals surface area contributed by atoms with Gasteiger partial charge in [-0.15, -0.1) is 10.2 Å². The highest BCUT2D eigenvalue weighted by Crippen LogP contribution is 2.44. The first-order valence-electron chi connectivity index (χ1n) is 8.89. The van der Waals surface area contributed by atoms with Gasteiger partial charge in [-0.3, -0.25) is 9.36 Å². The second-order valence-electron chi connectivity index (χ2n) is 5.84. The average Bonchev–Trinajstić information content (AvgIpc) is 3.44. The number of hydrogen-bond acceptors (Lipinski definition) is 5. The normalized spacial score (nSPS) is 13.2. The zero-order valence-corrected chi connectivity index (χ0v) is 16.1. The number of methoxy groups -OCH3 is 1. The van der Waals surface area contributed by atoms with Crippen LogP contribution in [-0.2, 0) is 9.53 Å². The van der Waals surface area contributed by atoms with Gasteiger partial charge in [0.05, 0.1) is 18.6 Å². The lowest BCUT2D eigenvalue weighted by Gasteiger charge is -2.12. The fraction of sp³-hybridized carbons (Fsp3) is 0.350. The van der Waals surface area contributed by atoms with E-state index in [0.717, 1.165) is 5.69 Å². The molecule has 1 aromatic heterocycles. The minimum absolute atomic E-state index is 0.216. The van der Waals surface area contributed by atoms with Crippen LogP contribution in [0.1, 0.15) is 38.2 Å². The lowest BCUT2D eigenvalue weighted by molar-refractivity contribution is -0.137. The third-order valence-electron chi connectivity index (χ3n) is 4.27. The topological polar surface area (TPSA) is 57.0 Å². The molecule has 0 amide bonds. The van der Waals surface area contributed by atoms with Gasteiger partial charge in [0.15, 0.2) is 5.16 Å². The molecule has 136 valence electrons. The number of benzene rings is 2. The fourth-order valence-electron chi connectivity index (χ4n) is 2.94. The predicted octanol–water partition coefficient (Wildman–Crippen LogP) is 4.59. The van der Waals surface area contributed by atoms with Crippen molar-refractivity contribution < 1.29 is 9.53 Å². The van der Waals surface area contributed by atoms with E-state index in [2.05, 4.69) is 40.5 Å². The molecule has 0 N–H and O–H groups in total. The quantitative estimate of drug-likeness (QED) is 0.486. The molecule has 1 fully saturated rings. The van der Waals surface area contributed by atoms with Gasteiger partial charge >= 0.3 is 5.97 Å². The molecule has 0 bridgehead atoms. The number of hydrogen-bond donors (Lipinski definition) is 0. The number of nitrogens with zero attached hydrogens (tertiary/aromatic N) is 3. The summed E-state index contributed by atoms with van der Waals surface area (Å²) >= 11 is 1.33. The SMILES string of the molecule is CC.COC(=O)CSc1nncn1-c1ccc(C2CC2)c2ccccc12. The molecule has 0 unspecified atom stereocenters. The molecule has 0 saturated heterocycles. The zero-order chi connectivity index (χ0) is 18.5. The number of ether oxygens (including phenoxy) is 1. The van der Waals surface area contributed by atoms with Crippen molar-refractivity contribution in [3.05, 3.63) is 48.3 Å². The van der Waals surface area contributed by atoms with E-state index in [1.807, 2.05) is 24.5 Å². The van der Waals surface area contributed by atoms with Gasteiger partial charge in [0.2, 0.25) is 0 Å². The maximum atomic E-state index is 11.4. The summed E-state index contributed by atoms with van der Waals surface area (Å²) in [5, 5.41) is 11.3. The second kappa shape index (κ2) is 8.36. The predicted molar refractivity (Wildman–Crippen MR) is 105 cm³/mol. The van der Waals surface area contributed by atoms with E-state index < -0.39 is 0 Å². The highest BCUT2D eigenvalue weighted by molar-refractivity contribution is 7.99. The number of carbonyl (C=O) groups excluding carboxylic acids is 1. The van der Waals surface area contributed by atoms with Crippen molar-refractivity contribution in [2.45, 2.75) is 37.8 Å². The zero-order valence-electron chi connectivity index (χ0n) is 15.3. The molecule has 1 aliphatic carbocycles. The smallest absolute Gasteiger partial charge is 0.316 e. The number of thioether (sulfide) groups is 1. The van der Waals surface area contributed by atoms with Crippen molar-refractivity contribution >= 4 is 28.5 Å². The summed E-state index contributed by atoms with van der Waals surface area (Å²) in [7, 11) is 1.39. The van der Waals surface area contributed by atoms with Gasteiger partial charge in [-0.2, -0.15) is 0 Å². The van der Waals surface area contributed by atoms with Gasteiger partial charge in [0.25, 0.3) is 0 Å². The molecule has 3 aromatic rings. The summed E-state index contributed by atoms with van der Waals surface area (Å²) in [6.45, 7) is 4.00. The number of rotatable bonds is 5. The summed E-state index contributed by atoms with van der Waals surface area (Å²) < 4.78 is 6.63. The molecule has 0 atom stereocenters. The standard InChI is InChI=1S/C18H17N3O2S.C2H6/c1-23-17(22)10-24-18-20-19-11-21(18)16-9-8-13(12-6-7-12)14-4-2-3-5-15(14)16;1-2/h2-5,8-9,11-12H,6-7,10H2,1H3;1-2H3. The number of aromatic nitrogens is 3. The van der Waals surface area contributed by atoms with Gasteiger partial charge in [-0.05, 0) is 35.8 Å². The van der Waals surface area contributed by atoms with Crippen LogP contribution in [0.5, 0.6) is 0 Å². The molecule has 0 aliphatic heterocycles. The van der Waals surface area contributed by atoms with Crippen LogP contribution in [0.25, 0.3) is 16.5 Å². The Balaban J connectivity index is 0.000000948. The van der Waals surface area contributed by atoms with Crippen LogP contribution in [0.3, 0.4) is 0 Å². The van der Waals surface area contributed by atoms with Gasteiger partial charge < -0.3 is 4.74 Å². The maximum Gasteiger partial charge on any atom is 0.316 e. The molecule has 1 heterocycles. The van der Waals surface area contributed by atoms with E-state index in [9.17, 15) is 4.79 Å². The van der Waals surface area contributed by atoms with Crippen molar-refractivity contribution in [2.75, 3.05) is 12.9 Å². The van der Waals surface area contributed by atoms with Crippen LogP contribution in [0.15, 0.2) is 47.9 Å². The molecule has 5 nitrogen and oxygen atoms in total. The first-order chi connectivity index (χ1) is 12.8. The summed E-state index contributed by atoms with van der Waals surface area (Å²) in [5.74, 6) is 0.634. The van der Waals surface area contributed by atoms with Crippen LogP contribution in [0.4, 0.5) is 0 Å². The van der Waals surface area contributed by atoms with Crippen molar-refractivity contribution in [2.24, 2.45) is 0 Å². The summed E-state index contributed by atoms with van der Waals surface area (Å²) in [4.78, 5) is 11.4. The van der Waals surface area contributed by atoms with Crippen LogP contribution in [0.2, 0.25) is 0 Å². The molecule has 4 rings (SSSR count). The molecule has 0 spiro atoms. The fourth-order valence-corrected chi connectivity index (χ4v) is 3.69. The van der Waals surface area contributed by atoms with E-state index in [0.29, 0.717) is 11.1 Å². The first kappa shape index (κ1) is 18.5. The Morgan fingerprint density at radius 3 is 2.62 bits per heavy atom. The molecule has 26 heavy (non-hydrogen) atoms. The van der Waals surface area contributed by atoms with Crippen LogP contribution in [-0.4, -0.2) is 33.6 Å². The molecule has 1 aliphatic rings. The van der Waals surface area contributed by atoms with E-state index in [1.54, 1.807) is 6.33 Å². The van der Waals surface area contributed by atoms with Crippen molar-refractivity contribution in [1.29, 1.82) is 0 Å². The lowest BCUT2D eigenvalue weighted by atomic mass is 9.99. The maximum absolute atomic E-state index is 11.4. The number of fused-ring (bicyclic) bond motifs is 1. The first-order valence-corrected chi connectivity index (χ1v) is 9.88. The Hall–Kier alpha value is -2.34. The third-order valence-corrected chi connectivity index (χ3v) is 5.19. The molecule has 0 radical (unpaired) electrons. The Bertz CT molecular complexity index is 903. The van der Waals surface area contributed by atoms with Crippen molar-refractivity contribution in [3.63, 3.8) is 0 Å². The van der Waals surface area contributed by atoms with Gasteiger partial charge in [-0.1, -0.05) is 55.9 Å². The Labute approximate surface area is 157 Å². The summed E-state index contributed by atoms with van der Waals surface area (Å²) in [5.41, 5.74) is 2.46. The third kappa shape index (κ3) is 3.75. The Morgan fingerprint density at radius 2 is 1.92 bits per heavy atom. The summed E-state index contributed by atoms with van der Waals surface area (Å²) in [6, 6.07) is 12.8. The van der Waals surface area contributed by atoms with E-state index >= 15 is 0 Å². The van der Waals surface area contributed by atoms with Gasteiger partial charge in [-0.25, -0.2) is 0 Å². The molecular weight excluding hydrogens is 346 g/mol. The van der Waals surface area contributed by atoms with E-state index in [1.165, 1.54) is 48.0 Å². The molecule has 1 saturated carbocycles. The monoisotopic (exact) mass is 369 g/mol. The molecule has 6 heteroatoms. The largest absolute Gasteiger partial charge is 0.468 e. The minimum Gasteiger partial charge on any atom is -0.468 e. The second-order valence-corrected chi connectivity index (χ2v) is 6.78. The molecule has 2 aromatic carbocycles. The van der Waals surface area contributed by atoms with Crippen LogP contribution in [0, 0.1) is 0 Å². The lowest BCUT2D eigenvalue weighted by Crippen LogP contribution is -2.05. The van der Waals surface area contributed by atoms with Crippen molar-refractivity contribution in [1.82, 2.24) is 14.8 Å². The highest BCUT2D eigenvalue weighted by Gasteiger charge is 2.26. The van der Waals surface area contributed by atoms with Gasteiger partial charge in [0, 0.05) is 5.39 Å². The van der Waals surface area contributed by atoms with Crippen LogP contribution >= 0.6 is 11.8 Å². The van der Waals surface area contributed by atoms with Crippen molar-refractivity contribution in [3.8, 4) is 5.69 Å². The minimum atomic E-state index is -0.275. The Kier molecular flexibility index (Phi) is 5.93. The highest BCUT2D eigenvalue weighted by atomic mass is 32.2. The van der Waals surface area contributed by atoms with E-state index in [4.69, 9.17) is 4.74 Å². The average molecular weight is 369 g/mol. The van der Waals surface area contributed by atoms with E-state index in [-0.39, 0.29) is 11.7 Å².